The number of hydrogen-bond acceptors (Lipinski definition) is 5. The summed E-state index contributed by atoms with van der Waals surface area (Å²) in [5, 5.41) is 11.0. The van der Waals surface area contributed by atoms with Crippen molar-refractivity contribution in [3.8, 4) is 0 Å². The number of aliphatic hydroxyl groups excluding tert-OH is 1. The van der Waals surface area contributed by atoms with E-state index in [2.05, 4.69) is 0 Å². The van der Waals surface area contributed by atoms with Crippen molar-refractivity contribution in [3.05, 3.63) is 106 Å². The Bertz CT molecular complexity index is 1300. The van der Waals surface area contributed by atoms with Crippen molar-refractivity contribution in [1.29, 1.82) is 0 Å². The summed E-state index contributed by atoms with van der Waals surface area (Å²) in [6.07, 6.45) is 0. The maximum atomic E-state index is 13.4. The number of ketones is 1. The highest BCUT2D eigenvalue weighted by atomic mass is 19.1. The third-order valence-electron chi connectivity index (χ3n) is 5.58. The summed E-state index contributed by atoms with van der Waals surface area (Å²) in [6, 6.07) is 17.5. The highest BCUT2D eigenvalue weighted by molar-refractivity contribution is 6.51. The van der Waals surface area contributed by atoms with E-state index in [0.717, 1.165) is 5.56 Å². The molecular weight excluding hydrogens is 437 g/mol. The number of esters is 1. The van der Waals surface area contributed by atoms with Gasteiger partial charge in [-0.05, 0) is 67.9 Å². The van der Waals surface area contributed by atoms with Crippen LogP contribution in [0, 0.1) is 12.7 Å². The molecule has 6 nitrogen and oxygen atoms in total. The number of carbonyl (C=O) groups is 3. The van der Waals surface area contributed by atoms with Crippen LogP contribution < -0.4 is 4.90 Å². The first kappa shape index (κ1) is 22.9. The monoisotopic (exact) mass is 459 g/mol. The Balaban J connectivity index is 1.86. The second kappa shape index (κ2) is 9.31. The summed E-state index contributed by atoms with van der Waals surface area (Å²) in [5.74, 6) is -3.06. The Kier molecular flexibility index (Phi) is 6.27. The minimum Gasteiger partial charge on any atom is -0.507 e. The second-order valence-electron chi connectivity index (χ2n) is 7.86. The quantitative estimate of drug-likeness (QED) is 0.253. The van der Waals surface area contributed by atoms with Crippen LogP contribution in [0.1, 0.15) is 40.0 Å². The zero-order valence-corrected chi connectivity index (χ0v) is 18.6. The fraction of sp³-hybridized carbons (Fsp3) is 0.148. The maximum absolute atomic E-state index is 13.4. The Labute approximate surface area is 195 Å². The Morgan fingerprint density at radius 1 is 1.00 bits per heavy atom. The number of aliphatic hydroxyl groups is 1. The number of benzene rings is 3. The first-order valence-corrected chi connectivity index (χ1v) is 10.7. The molecule has 1 saturated heterocycles. The van der Waals surface area contributed by atoms with E-state index in [4.69, 9.17) is 4.74 Å². The van der Waals surface area contributed by atoms with Crippen LogP contribution in [0.2, 0.25) is 0 Å². The number of ether oxygens (including phenoxy) is 1. The molecular formula is C27H22FNO5. The van der Waals surface area contributed by atoms with Gasteiger partial charge < -0.3 is 9.84 Å². The van der Waals surface area contributed by atoms with Gasteiger partial charge in [-0.15, -0.1) is 0 Å². The molecule has 34 heavy (non-hydrogen) atoms. The number of amides is 1. The molecule has 3 aromatic rings. The molecule has 1 aliphatic heterocycles. The van der Waals surface area contributed by atoms with Crippen molar-refractivity contribution in [2.45, 2.75) is 19.9 Å². The molecule has 7 heteroatoms. The minimum atomic E-state index is -0.918. The number of rotatable bonds is 5. The Morgan fingerprint density at radius 3 is 2.26 bits per heavy atom. The molecule has 0 aliphatic carbocycles. The van der Waals surface area contributed by atoms with Gasteiger partial charge in [0.1, 0.15) is 11.6 Å². The van der Waals surface area contributed by atoms with E-state index < -0.39 is 35.3 Å². The van der Waals surface area contributed by atoms with E-state index in [0.29, 0.717) is 16.8 Å². The summed E-state index contributed by atoms with van der Waals surface area (Å²) in [7, 11) is 0. The standard InChI is InChI=1S/C27H22FNO5/c1-3-34-27(33)18-9-13-21(14-10-18)29-23(19-6-4-5-16(2)15-19)22(25(31)26(29)32)24(30)17-7-11-20(28)12-8-17/h4-15,23,30H,3H2,1-2H3/b24-22+. The zero-order valence-electron chi connectivity index (χ0n) is 18.6. The second-order valence-corrected chi connectivity index (χ2v) is 7.86. The van der Waals surface area contributed by atoms with Crippen molar-refractivity contribution in [1.82, 2.24) is 0 Å². The molecule has 4 rings (SSSR count). The van der Waals surface area contributed by atoms with Gasteiger partial charge in [0.15, 0.2) is 0 Å². The summed E-state index contributed by atoms with van der Waals surface area (Å²) < 4.78 is 18.4. The van der Waals surface area contributed by atoms with Crippen molar-refractivity contribution >= 4 is 29.1 Å². The topological polar surface area (TPSA) is 83.9 Å². The molecule has 1 fully saturated rings. The van der Waals surface area contributed by atoms with Crippen LogP contribution in [0.4, 0.5) is 10.1 Å². The van der Waals surface area contributed by atoms with E-state index in [1.54, 1.807) is 31.2 Å². The zero-order chi connectivity index (χ0) is 24.4. The SMILES string of the molecule is CCOC(=O)c1ccc(N2C(=O)C(=O)/C(=C(/O)c3ccc(F)cc3)C2c2cccc(C)c2)cc1. The van der Waals surface area contributed by atoms with E-state index in [9.17, 15) is 23.9 Å². The Hall–Kier alpha value is -4.26. The van der Waals surface area contributed by atoms with Crippen LogP contribution in [-0.4, -0.2) is 29.4 Å². The van der Waals surface area contributed by atoms with Gasteiger partial charge in [-0.25, -0.2) is 9.18 Å². The van der Waals surface area contributed by atoms with Crippen molar-refractivity contribution in [2.24, 2.45) is 0 Å². The fourth-order valence-electron chi connectivity index (χ4n) is 3.99. The molecule has 172 valence electrons. The number of anilines is 1. The average molecular weight is 459 g/mol. The van der Waals surface area contributed by atoms with E-state index in [-0.39, 0.29) is 17.7 Å². The van der Waals surface area contributed by atoms with Crippen LogP contribution in [0.5, 0.6) is 0 Å². The molecule has 0 aromatic heterocycles. The number of aryl methyl sites for hydroxylation is 1. The minimum absolute atomic E-state index is 0.100. The average Bonchev–Trinajstić information content (AvgIpc) is 3.10. The third-order valence-corrected chi connectivity index (χ3v) is 5.58. The summed E-state index contributed by atoms with van der Waals surface area (Å²) in [4.78, 5) is 39.6. The van der Waals surface area contributed by atoms with E-state index in [1.807, 2.05) is 19.1 Å². The fourth-order valence-corrected chi connectivity index (χ4v) is 3.99. The van der Waals surface area contributed by atoms with Crippen LogP contribution in [0.3, 0.4) is 0 Å². The van der Waals surface area contributed by atoms with Gasteiger partial charge in [0.05, 0.1) is 23.8 Å². The summed E-state index contributed by atoms with van der Waals surface area (Å²) in [6.45, 7) is 3.81. The predicted octanol–water partition coefficient (Wildman–Crippen LogP) is 4.94. The van der Waals surface area contributed by atoms with Crippen LogP contribution >= 0.6 is 0 Å². The van der Waals surface area contributed by atoms with Crippen LogP contribution in [0.25, 0.3) is 5.76 Å². The third kappa shape index (κ3) is 4.20. The molecule has 0 radical (unpaired) electrons. The highest BCUT2D eigenvalue weighted by Crippen LogP contribution is 2.42. The van der Waals surface area contributed by atoms with Crippen LogP contribution in [0.15, 0.2) is 78.4 Å². The van der Waals surface area contributed by atoms with Gasteiger partial charge in [-0.3, -0.25) is 14.5 Å². The lowest BCUT2D eigenvalue weighted by atomic mass is 9.94. The number of hydrogen-bond donors (Lipinski definition) is 1. The molecule has 0 bridgehead atoms. The molecule has 0 spiro atoms. The van der Waals surface area contributed by atoms with Gasteiger partial charge in [-0.2, -0.15) is 0 Å². The van der Waals surface area contributed by atoms with Gasteiger partial charge in [0, 0.05) is 11.3 Å². The van der Waals surface area contributed by atoms with Crippen molar-refractivity contribution in [2.75, 3.05) is 11.5 Å². The lowest BCUT2D eigenvalue weighted by Crippen LogP contribution is -2.29. The van der Waals surface area contributed by atoms with Crippen molar-refractivity contribution < 1.29 is 28.6 Å². The smallest absolute Gasteiger partial charge is 0.338 e. The Morgan fingerprint density at radius 2 is 1.65 bits per heavy atom. The molecule has 1 unspecified atom stereocenters. The molecule has 1 atom stereocenters. The molecule has 0 saturated carbocycles. The van der Waals surface area contributed by atoms with Gasteiger partial charge in [0.25, 0.3) is 11.7 Å². The molecule has 1 N–H and O–H groups in total. The van der Waals surface area contributed by atoms with Crippen LogP contribution in [-0.2, 0) is 14.3 Å². The number of halogens is 1. The molecule has 1 aliphatic rings. The lowest BCUT2D eigenvalue weighted by molar-refractivity contribution is -0.132. The first-order valence-electron chi connectivity index (χ1n) is 10.7. The maximum Gasteiger partial charge on any atom is 0.338 e. The molecule has 1 heterocycles. The van der Waals surface area contributed by atoms with Gasteiger partial charge in [-0.1, -0.05) is 29.8 Å². The molecule has 1 amide bonds. The normalized spacial score (nSPS) is 17.1. The molecule has 3 aromatic carbocycles. The summed E-state index contributed by atoms with van der Waals surface area (Å²) in [5.41, 5.74) is 2.33. The number of carbonyl (C=O) groups excluding carboxylic acids is 3. The van der Waals surface area contributed by atoms with E-state index >= 15 is 0 Å². The predicted molar refractivity (Wildman–Crippen MR) is 125 cm³/mol. The largest absolute Gasteiger partial charge is 0.507 e. The van der Waals surface area contributed by atoms with Gasteiger partial charge in [0.2, 0.25) is 0 Å². The van der Waals surface area contributed by atoms with E-state index in [1.165, 1.54) is 41.3 Å². The number of nitrogens with zero attached hydrogens (tertiary/aromatic N) is 1. The van der Waals surface area contributed by atoms with Crippen molar-refractivity contribution in [3.63, 3.8) is 0 Å². The highest BCUT2D eigenvalue weighted by Gasteiger charge is 2.47. The van der Waals surface area contributed by atoms with Gasteiger partial charge >= 0.3 is 5.97 Å². The first-order chi connectivity index (χ1) is 16.3. The summed E-state index contributed by atoms with van der Waals surface area (Å²) >= 11 is 0. The number of Topliss-reactive ketones (excluding diaryl/α,β-unsaturated/α-hetero) is 1. The lowest BCUT2D eigenvalue weighted by Gasteiger charge is -2.26.